The second-order valence-electron chi connectivity index (χ2n) is 6.68. The van der Waals surface area contributed by atoms with Crippen molar-refractivity contribution >= 4 is 11.6 Å². The molecular formula is C18H25N3O2. The predicted octanol–water partition coefficient (Wildman–Crippen LogP) is 2.97. The van der Waals surface area contributed by atoms with E-state index in [1.165, 1.54) is 25.7 Å². The highest BCUT2D eigenvalue weighted by molar-refractivity contribution is 5.95. The Balaban J connectivity index is 1.67. The maximum Gasteiger partial charge on any atom is 0.251 e. The summed E-state index contributed by atoms with van der Waals surface area (Å²) in [5.74, 6) is -0.0168. The van der Waals surface area contributed by atoms with Crippen molar-refractivity contribution in [3.8, 4) is 0 Å². The van der Waals surface area contributed by atoms with Crippen molar-refractivity contribution in [3.63, 3.8) is 0 Å². The number of carbonyl (C=O) groups excluding carboxylic acids is 1. The zero-order valence-electron chi connectivity index (χ0n) is 14.0. The normalized spacial score (nSPS) is 16.8. The van der Waals surface area contributed by atoms with Gasteiger partial charge in [0.05, 0.1) is 0 Å². The molecule has 1 fully saturated rings. The monoisotopic (exact) mass is 315 g/mol. The van der Waals surface area contributed by atoms with Gasteiger partial charge < -0.3 is 14.5 Å². The van der Waals surface area contributed by atoms with E-state index in [9.17, 15) is 4.79 Å². The number of fused-ring (bicyclic) bond motifs is 1. The molecule has 0 aliphatic heterocycles. The van der Waals surface area contributed by atoms with Crippen molar-refractivity contribution in [1.82, 2.24) is 14.7 Å². The molecule has 0 aromatic carbocycles. The molecule has 1 aliphatic rings. The summed E-state index contributed by atoms with van der Waals surface area (Å²) < 4.78 is 7.23. The summed E-state index contributed by atoms with van der Waals surface area (Å²) in [4.78, 5) is 16.8. The molecule has 5 heteroatoms. The van der Waals surface area contributed by atoms with Gasteiger partial charge in [-0.3, -0.25) is 4.79 Å². The van der Waals surface area contributed by atoms with E-state index in [4.69, 9.17) is 4.74 Å². The summed E-state index contributed by atoms with van der Waals surface area (Å²) >= 11 is 0. The van der Waals surface area contributed by atoms with Gasteiger partial charge in [0, 0.05) is 43.9 Å². The Kier molecular flexibility index (Phi) is 4.66. The second-order valence-corrected chi connectivity index (χ2v) is 6.68. The van der Waals surface area contributed by atoms with Crippen LogP contribution in [0.2, 0.25) is 0 Å². The van der Waals surface area contributed by atoms with E-state index in [1.54, 1.807) is 7.11 Å². The van der Waals surface area contributed by atoms with Crippen molar-refractivity contribution < 1.29 is 9.53 Å². The van der Waals surface area contributed by atoms with Crippen molar-refractivity contribution in [2.24, 2.45) is 5.41 Å². The zero-order chi connectivity index (χ0) is 16.3. The van der Waals surface area contributed by atoms with Gasteiger partial charge in [-0.05, 0) is 43.7 Å². The molecule has 2 aromatic rings. The Morgan fingerprint density at radius 3 is 2.96 bits per heavy atom. The average molecular weight is 315 g/mol. The lowest BCUT2D eigenvalue weighted by atomic mass is 9.83. The smallest absolute Gasteiger partial charge is 0.251 e. The molecule has 0 atom stereocenters. The number of aryl methyl sites for hydroxylation is 1. The van der Waals surface area contributed by atoms with Gasteiger partial charge in [-0.1, -0.05) is 12.8 Å². The number of hydrogen-bond acceptors (Lipinski definition) is 3. The first-order valence-corrected chi connectivity index (χ1v) is 8.34. The van der Waals surface area contributed by atoms with Gasteiger partial charge in [0.2, 0.25) is 0 Å². The van der Waals surface area contributed by atoms with Crippen LogP contribution in [0, 0.1) is 12.3 Å². The highest BCUT2D eigenvalue weighted by atomic mass is 16.5. The van der Waals surface area contributed by atoms with Crippen LogP contribution in [-0.4, -0.2) is 35.6 Å². The highest BCUT2D eigenvalue weighted by Gasteiger charge is 2.33. The third kappa shape index (κ3) is 3.39. The number of hydrogen-bond donors (Lipinski definition) is 1. The SMILES string of the molecule is COCCC1(CNC(=O)c2ccn3c(C)cnc3c2)CCCC1. The summed E-state index contributed by atoms with van der Waals surface area (Å²) in [7, 11) is 1.74. The molecule has 2 aromatic heterocycles. The molecule has 0 radical (unpaired) electrons. The Morgan fingerprint density at radius 1 is 1.43 bits per heavy atom. The van der Waals surface area contributed by atoms with Crippen LogP contribution in [-0.2, 0) is 4.74 Å². The second kappa shape index (κ2) is 6.71. The van der Waals surface area contributed by atoms with E-state index in [1.807, 2.05) is 35.9 Å². The third-order valence-corrected chi connectivity index (χ3v) is 5.09. The van der Waals surface area contributed by atoms with Crippen LogP contribution in [0.25, 0.3) is 5.65 Å². The molecule has 0 unspecified atom stereocenters. The minimum absolute atomic E-state index is 0.0168. The number of imidazole rings is 1. The number of nitrogens with zero attached hydrogens (tertiary/aromatic N) is 2. The summed E-state index contributed by atoms with van der Waals surface area (Å²) in [5, 5.41) is 3.13. The molecule has 124 valence electrons. The first-order chi connectivity index (χ1) is 11.1. The van der Waals surface area contributed by atoms with Gasteiger partial charge >= 0.3 is 0 Å². The molecular weight excluding hydrogens is 290 g/mol. The number of methoxy groups -OCH3 is 1. The minimum Gasteiger partial charge on any atom is -0.385 e. The van der Waals surface area contributed by atoms with Crippen LogP contribution in [0.5, 0.6) is 0 Å². The Hall–Kier alpha value is -1.88. The Labute approximate surface area is 137 Å². The van der Waals surface area contributed by atoms with Crippen LogP contribution >= 0.6 is 0 Å². The quantitative estimate of drug-likeness (QED) is 0.891. The zero-order valence-corrected chi connectivity index (χ0v) is 14.0. The molecule has 1 amide bonds. The van der Waals surface area contributed by atoms with Crippen LogP contribution < -0.4 is 5.32 Å². The standard InChI is InChI=1S/C18H25N3O2/c1-14-12-19-16-11-15(5-9-21(14)16)17(22)20-13-18(8-10-23-2)6-3-4-7-18/h5,9,11-12H,3-4,6-8,10,13H2,1-2H3,(H,20,22). The molecule has 1 aliphatic carbocycles. The van der Waals surface area contributed by atoms with Crippen molar-refractivity contribution in [1.29, 1.82) is 0 Å². The lowest BCUT2D eigenvalue weighted by molar-refractivity contribution is 0.0903. The van der Waals surface area contributed by atoms with E-state index in [0.29, 0.717) is 5.56 Å². The summed E-state index contributed by atoms with van der Waals surface area (Å²) in [6, 6.07) is 3.70. The summed E-state index contributed by atoms with van der Waals surface area (Å²) in [5.41, 5.74) is 2.75. The molecule has 1 N–H and O–H groups in total. The fourth-order valence-electron chi connectivity index (χ4n) is 3.58. The van der Waals surface area contributed by atoms with E-state index < -0.39 is 0 Å². The van der Waals surface area contributed by atoms with E-state index >= 15 is 0 Å². The van der Waals surface area contributed by atoms with E-state index in [0.717, 1.165) is 30.9 Å². The third-order valence-electron chi connectivity index (χ3n) is 5.09. The molecule has 2 heterocycles. The molecule has 5 nitrogen and oxygen atoms in total. The van der Waals surface area contributed by atoms with Crippen molar-refractivity contribution in [2.75, 3.05) is 20.3 Å². The number of amides is 1. The number of rotatable bonds is 6. The number of ether oxygens (including phenoxy) is 1. The first kappa shape index (κ1) is 16.0. The lowest BCUT2D eigenvalue weighted by Gasteiger charge is -2.29. The first-order valence-electron chi connectivity index (χ1n) is 8.34. The Bertz CT molecular complexity index is 687. The number of nitrogens with one attached hydrogen (secondary N) is 1. The minimum atomic E-state index is -0.0168. The predicted molar refractivity (Wildman–Crippen MR) is 89.7 cm³/mol. The van der Waals surface area contributed by atoms with Gasteiger partial charge in [0.15, 0.2) is 0 Å². The maximum absolute atomic E-state index is 12.5. The summed E-state index contributed by atoms with van der Waals surface area (Å²) in [6.45, 7) is 3.49. The van der Waals surface area contributed by atoms with Gasteiger partial charge in [-0.25, -0.2) is 4.98 Å². The number of pyridine rings is 1. The van der Waals surface area contributed by atoms with Gasteiger partial charge in [-0.2, -0.15) is 0 Å². The molecule has 23 heavy (non-hydrogen) atoms. The van der Waals surface area contributed by atoms with Gasteiger partial charge in [-0.15, -0.1) is 0 Å². The van der Waals surface area contributed by atoms with Crippen LogP contribution in [0.4, 0.5) is 0 Å². The van der Waals surface area contributed by atoms with Gasteiger partial charge in [0.25, 0.3) is 5.91 Å². The fourth-order valence-corrected chi connectivity index (χ4v) is 3.58. The van der Waals surface area contributed by atoms with Crippen molar-refractivity contribution in [2.45, 2.75) is 39.0 Å². The molecule has 0 spiro atoms. The number of aromatic nitrogens is 2. The highest BCUT2D eigenvalue weighted by Crippen LogP contribution is 2.40. The molecule has 1 saturated carbocycles. The van der Waals surface area contributed by atoms with Crippen LogP contribution in [0.3, 0.4) is 0 Å². The van der Waals surface area contributed by atoms with Crippen LogP contribution in [0.15, 0.2) is 24.5 Å². The van der Waals surface area contributed by atoms with Crippen molar-refractivity contribution in [3.05, 3.63) is 35.8 Å². The summed E-state index contributed by atoms with van der Waals surface area (Å²) in [6.07, 6.45) is 9.59. The topological polar surface area (TPSA) is 55.6 Å². The largest absolute Gasteiger partial charge is 0.385 e. The number of carbonyl (C=O) groups is 1. The maximum atomic E-state index is 12.5. The van der Waals surface area contributed by atoms with E-state index in [-0.39, 0.29) is 11.3 Å². The lowest BCUT2D eigenvalue weighted by Crippen LogP contribution is -2.36. The molecule has 3 rings (SSSR count). The van der Waals surface area contributed by atoms with Gasteiger partial charge in [0.1, 0.15) is 5.65 Å². The van der Waals surface area contributed by atoms with Crippen LogP contribution in [0.1, 0.15) is 48.2 Å². The molecule has 0 bridgehead atoms. The average Bonchev–Trinajstić information content (AvgIpc) is 3.18. The van der Waals surface area contributed by atoms with E-state index in [2.05, 4.69) is 10.3 Å². The fraction of sp³-hybridized carbons (Fsp3) is 0.556. The molecule has 0 saturated heterocycles. The Morgan fingerprint density at radius 2 is 2.22 bits per heavy atom.